The van der Waals surface area contributed by atoms with E-state index in [1.165, 1.54) is 19.5 Å². The maximum Gasteiger partial charge on any atom is 0.200 e. The lowest BCUT2D eigenvalue weighted by Gasteiger charge is -2.07. The van der Waals surface area contributed by atoms with Crippen LogP contribution in [-0.4, -0.2) is 24.5 Å². The predicted molar refractivity (Wildman–Crippen MR) is 77.1 cm³/mol. The molecule has 1 aromatic carbocycles. The van der Waals surface area contributed by atoms with Crippen molar-refractivity contribution in [1.29, 1.82) is 0 Å². The molecule has 0 amide bonds. The number of carbonyl (C=O) groups is 1. The van der Waals surface area contributed by atoms with Crippen LogP contribution < -0.4 is 9.47 Å². The van der Waals surface area contributed by atoms with Gasteiger partial charge in [-0.05, 0) is 18.2 Å². The topological polar surface area (TPSA) is 48.4 Å². The Hall–Kier alpha value is -1.78. The number of hydrogen-bond donors (Lipinski definition) is 0. The molecule has 6 heteroatoms. The predicted octanol–water partition coefficient (Wildman–Crippen LogP) is 3.66. The molecule has 20 heavy (non-hydrogen) atoms. The van der Waals surface area contributed by atoms with E-state index >= 15 is 0 Å². The fraction of sp³-hybridized carbons (Fsp3) is 0.143. The fourth-order valence-electron chi connectivity index (χ4n) is 1.54. The van der Waals surface area contributed by atoms with Gasteiger partial charge in [0, 0.05) is 17.8 Å². The number of pyridine rings is 1. The first kappa shape index (κ1) is 14.6. The molecular formula is C14H11Cl2NO3. The molecule has 0 unspecified atom stereocenters. The fourth-order valence-corrected chi connectivity index (χ4v) is 1.96. The van der Waals surface area contributed by atoms with Crippen LogP contribution in [0.3, 0.4) is 0 Å². The number of Topliss-reactive ketones (excluding diaryl/α,β-unsaturated/α-hetero) is 1. The van der Waals surface area contributed by atoms with Crippen LogP contribution in [0, 0.1) is 0 Å². The lowest BCUT2D eigenvalue weighted by molar-refractivity contribution is 0.0921. The Morgan fingerprint density at radius 1 is 1.25 bits per heavy atom. The van der Waals surface area contributed by atoms with Gasteiger partial charge in [0.05, 0.1) is 23.4 Å². The molecule has 0 spiro atoms. The number of hydrogen-bond acceptors (Lipinski definition) is 4. The first-order valence-corrected chi connectivity index (χ1v) is 6.46. The third kappa shape index (κ3) is 3.62. The van der Waals surface area contributed by atoms with Crippen LogP contribution in [0.25, 0.3) is 0 Å². The van der Waals surface area contributed by atoms with Gasteiger partial charge in [-0.3, -0.25) is 9.78 Å². The van der Waals surface area contributed by atoms with Gasteiger partial charge in [-0.1, -0.05) is 23.2 Å². The van der Waals surface area contributed by atoms with E-state index in [2.05, 4.69) is 4.98 Å². The van der Waals surface area contributed by atoms with Gasteiger partial charge in [-0.25, -0.2) is 0 Å². The van der Waals surface area contributed by atoms with Gasteiger partial charge in [0.15, 0.2) is 12.4 Å². The summed E-state index contributed by atoms with van der Waals surface area (Å²) in [5.74, 6) is 0.753. The van der Waals surface area contributed by atoms with E-state index in [1.807, 2.05) is 0 Å². The Balaban J connectivity index is 2.03. The summed E-state index contributed by atoms with van der Waals surface area (Å²) in [6.07, 6.45) is 2.97. The van der Waals surface area contributed by atoms with Crippen LogP contribution >= 0.6 is 23.2 Å². The average Bonchev–Trinajstić information content (AvgIpc) is 2.44. The molecule has 2 aromatic rings. The third-order valence-corrected chi connectivity index (χ3v) is 3.03. The Morgan fingerprint density at radius 2 is 2.05 bits per heavy atom. The molecule has 0 N–H and O–H groups in total. The summed E-state index contributed by atoms with van der Waals surface area (Å²) in [5.41, 5.74) is 0.450. The van der Waals surface area contributed by atoms with Crippen molar-refractivity contribution < 1.29 is 14.3 Å². The standard InChI is InChI=1S/C14H11Cl2NO3/c1-19-14-3-2-9(4-12(14)16)13(18)8-20-11-5-10(15)6-17-7-11/h2-7H,8H2,1H3. The van der Waals surface area contributed by atoms with Crippen molar-refractivity contribution in [3.05, 3.63) is 52.3 Å². The van der Waals surface area contributed by atoms with Gasteiger partial charge < -0.3 is 9.47 Å². The lowest BCUT2D eigenvalue weighted by atomic mass is 10.1. The Morgan fingerprint density at radius 3 is 2.70 bits per heavy atom. The molecule has 0 fully saturated rings. The number of ketones is 1. The molecule has 104 valence electrons. The zero-order chi connectivity index (χ0) is 14.5. The molecule has 4 nitrogen and oxygen atoms in total. The highest BCUT2D eigenvalue weighted by molar-refractivity contribution is 6.32. The molecule has 1 aromatic heterocycles. The second-order valence-corrected chi connectivity index (χ2v) is 4.74. The molecule has 2 rings (SSSR count). The van der Waals surface area contributed by atoms with Crippen LogP contribution in [0.5, 0.6) is 11.5 Å². The highest BCUT2D eigenvalue weighted by atomic mass is 35.5. The number of aromatic nitrogens is 1. The molecule has 0 radical (unpaired) electrons. The number of ether oxygens (including phenoxy) is 2. The summed E-state index contributed by atoms with van der Waals surface area (Å²) in [5, 5.41) is 0.824. The number of benzene rings is 1. The summed E-state index contributed by atoms with van der Waals surface area (Å²) >= 11 is 11.7. The quantitative estimate of drug-likeness (QED) is 0.791. The Bertz CT molecular complexity index is 632. The van der Waals surface area contributed by atoms with Gasteiger partial charge in [-0.15, -0.1) is 0 Å². The SMILES string of the molecule is COc1ccc(C(=O)COc2cncc(Cl)c2)cc1Cl. The number of nitrogens with zero attached hydrogens (tertiary/aromatic N) is 1. The third-order valence-electron chi connectivity index (χ3n) is 2.52. The number of carbonyl (C=O) groups excluding carboxylic acids is 1. The molecule has 0 aliphatic rings. The summed E-state index contributed by atoms with van der Waals surface area (Å²) in [6.45, 7) is -0.120. The van der Waals surface area contributed by atoms with Gasteiger partial charge >= 0.3 is 0 Å². The molecule has 0 saturated carbocycles. The van der Waals surface area contributed by atoms with E-state index in [4.69, 9.17) is 32.7 Å². The number of rotatable bonds is 5. The maximum absolute atomic E-state index is 12.0. The van der Waals surface area contributed by atoms with E-state index in [0.29, 0.717) is 27.1 Å². The number of methoxy groups -OCH3 is 1. The Kier molecular flexibility index (Phi) is 4.82. The molecule has 0 saturated heterocycles. The van der Waals surface area contributed by atoms with Crippen molar-refractivity contribution in [3.8, 4) is 11.5 Å². The van der Waals surface area contributed by atoms with Gasteiger partial charge in [0.1, 0.15) is 11.5 Å². The van der Waals surface area contributed by atoms with E-state index in [9.17, 15) is 4.79 Å². The minimum atomic E-state index is -0.200. The van der Waals surface area contributed by atoms with E-state index < -0.39 is 0 Å². The minimum Gasteiger partial charge on any atom is -0.495 e. The highest BCUT2D eigenvalue weighted by Gasteiger charge is 2.10. The minimum absolute atomic E-state index is 0.120. The van der Waals surface area contributed by atoms with Gasteiger partial charge in [0.25, 0.3) is 0 Å². The summed E-state index contributed by atoms with van der Waals surface area (Å²) in [6, 6.07) is 6.40. The van der Waals surface area contributed by atoms with Gasteiger partial charge in [-0.2, -0.15) is 0 Å². The zero-order valence-electron chi connectivity index (χ0n) is 10.6. The molecule has 1 heterocycles. The molecule has 0 aliphatic carbocycles. The van der Waals surface area contributed by atoms with E-state index in [0.717, 1.165) is 0 Å². The molecule has 0 aliphatic heterocycles. The van der Waals surface area contributed by atoms with Crippen molar-refractivity contribution in [3.63, 3.8) is 0 Å². The van der Waals surface area contributed by atoms with Crippen LogP contribution in [0.4, 0.5) is 0 Å². The summed E-state index contributed by atoms with van der Waals surface area (Å²) < 4.78 is 10.4. The van der Waals surface area contributed by atoms with Crippen LogP contribution in [0.15, 0.2) is 36.7 Å². The second-order valence-electron chi connectivity index (χ2n) is 3.90. The normalized spacial score (nSPS) is 10.2. The van der Waals surface area contributed by atoms with Crippen molar-refractivity contribution >= 4 is 29.0 Å². The van der Waals surface area contributed by atoms with Gasteiger partial charge in [0.2, 0.25) is 0 Å². The van der Waals surface area contributed by atoms with Crippen molar-refractivity contribution in [2.45, 2.75) is 0 Å². The summed E-state index contributed by atoms with van der Waals surface area (Å²) in [7, 11) is 1.51. The van der Waals surface area contributed by atoms with Crippen LogP contribution in [-0.2, 0) is 0 Å². The van der Waals surface area contributed by atoms with E-state index in [1.54, 1.807) is 24.3 Å². The zero-order valence-corrected chi connectivity index (χ0v) is 12.1. The maximum atomic E-state index is 12.0. The first-order chi connectivity index (χ1) is 9.60. The summed E-state index contributed by atoms with van der Waals surface area (Å²) in [4.78, 5) is 15.8. The van der Waals surface area contributed by atoms with Crippen molar-refractivity contribution in [2.75, 3.05) is 13.7 Å². The monoisotopic (exact) mass is 311 g/mol. The number of halogens is 2. The largest absolute Gasteiger partial charge is 0.495 e. The average molecular weight is 312 g/mol. The van der Waals surface area contributed by atoms with E-state index in [-0.39, 0.29) is 12.4 Å². The van der Waals surface area contributed by atoms with Crippen LogP contribution in [0.1, 0.15) is 10.4 Å². The molecule has 0 atom stereocenters. The second kappa shape index (κ2) is 6.59. The molecule has 0 bridgehead atoms. The van der Waals surface area contributed by atoms with Crippen molar-refractivity contribution in [2.24, 2.45) is 0 Å². The molecular weight excluding hydrogens is 301 g/mol. The van der Waals surface area contributed by atoms with Crippen LogP contribution in [0.2, 0.25) is 10.0 Å². The first-order valence-electron chi connectivity index (χ1n) is 5.70. The highest BCUT2D eigenvalue weighted by Crippen LogP contribution is 2.25. The van der Waals surface area contributed by atoms with Crippen molar-refractivity contribution in [1.82, 2.24) is 4.98 Å². The Labute approximate surface area is 126 Å². The smallest absolute Gasteiger partial charge is 0.200 e. The lowest BCUT2D eigenvalue weighted by Crippen LogP contribution is -2.11.